The number of hydrogen-bond acceptors (Lipinski definition) is 3. The quantitative estimate of drug-likeness (QED) is 0.321. The molecule has 0 radical (unpaired) electrons. The van der Waals surface area contributed by atoms with E-state index in [4.69, 9.17) is 4.74 Å². The maximum Gasteiger partial charge on any atom is 0.330 e. The fourth-order valence-electron chi connectivity index (χ4n) is 1.52. The van der Waals surface area contributed by atoms with E-state index in [-0.39, 0.29) is 11.8 Å². The van der Waals surface area contributed by atoms with Gasteiger partial charge < -0.3 is 4.74 Å². The SMILES string of the molecule is CCOC(=O)/C=C/CCCC(=O)c1ccccc1. The van der Waals surface area contributed by atoms with Crippen LogP contribution in [0.4, 0.5) is 0 Å². The van der Waals surface area contributed by atoms with Crippen molar-refractivity contribution in [2.45, 2.75) is 26.2 Å². The van der Waals surface area contributed by atoms with E-state index >= 15 is 0 Å². The third-order valence-corrected chi connectivity index (χ3v) is 2.41. The first kappa shape index (κ1) is 14.2. The third-order valence-electron chi connectivity index (χ3n) is 2.41. The van der Waals surface area contributed by atoms with E-state index < -0.39 is 0 Å². The molecule has 0 aromatic heterocycles. The highest BCUT2D eigenvalue weighted by atomic mass is 16.5. The molecule has 18 heavy (non-hydrogen) atoms. The van der Waals surface area contributed by atoms with Gasteiger partial charge in [0.2, 0.25) is 0 Å². The van der Waals surface area contributed by atoms with Crippen LogP contribution in [-0.4, -0.2) is 18.4 Å². The number of hydrogen-bond donors (Lipinski definition) is 0. The predicted octanol–water partition coefficient (Wildman–Crippen LogP) is 3.16. The van der Waals surface area contributed by atoms with Crippen LogP contribution in [0.25, 0.3) is 0 Å². The van der Waals surface area contributed by atoms with Crippen LogP contribution < -0.4 is 0 Å². The second-order valence-electron chi connectivity index (χ2n) is 3.84. The minimum absolute atomic E-state index is 0.139. The van der Waals surface area contributed by atoms with Crippen molar-refractivity contribution < 1.29 is 14.3 Å². The van der Waals surface area contributed by atoms with Gasteiger partial charge >= 0.3 is 5.97 Å². The molecule has 0 amide bonds. The number of ketones is 1. The molecule has 1 aromatic carbocycles. The van der Waals surface area contributed by atoms with Gasteiger partial charge in [-0.15, -0.1) is 0 Å². The number of ether oxygens (including phenoxy) is 1. The third kappa shape index (κ3) is 5.43. The highest BCUT2D eigenvalue weighted by molar-refractivity contribution is 5.95. The number of carbonyl (C=O) groups excluding carboxylic acids is 2. The average molecular weight is 246 g/mol. The Balaban J connectivity index is 2.22. The lowest BCUT2D eigenvalue weighted by molar-refractivity contribution is -0.137. The molecular weight excluding hydrogens is 228 g/mol. The van der Waals surface area contributed by atoms with Crippen molar-refractivity contribution in [1.82, 2.24) is 0 Å². The average Bonchev–Trinajstić information content (AvgIpc) is 2.39. The highest BCUT2D eigenvalue weighted by Crippen LogP contribution is 2.06. The number of esters is 1. The van der Waals surface area contributed by atoms with E-state index in [1.165, 1.54) is 6.08 Å². The molecule has 0 unspecified atom stereocenters. The minimum Gasteiger partial charge on any atom is -0.463 e. The zero-order chi connectivity index (χ0) is 13.2. The lowest BCUT2D eigenvalue weighted by Gasteiger charge is -1.99. The molecular formula is C15H18O3. The molecule has 0 fully saturated rings. The smallest absolute Gasteiger partial charge is 0.330 e. The van der Waals surface area contributed by atoms with Gasteiger partial charge in [0.25, 0.3) is 0 Å². The van der Waals surface area contributed by atoms with Gasteiger partial charge in [0.05, 0.1) is 6.61 Å². The maximum absolute atomic E-state index is 11.7. The molecule has 0 saturated heterocycles. The molecule has 3 heteroatoms. The Hall–Kier alpha value is -1.90. The molecule has 0 heterocycles. The molecule has 0 spiro atoms. The lowest BCUT2D eigenvalue weighted by atomic mass is 10.1. The molecule has 96 valence electrons. The Bertz CT molecular complexity index is 407. The number of carbonyl (C=O) groups is 2. The van der Waals surface area contributed by atoms with E-state index in [1.54, 1.807) is 13.0 Å². The van der Waals surface area contributed by atoms with Crippen molar-refractivity contribution in [2.24, 2.45) is 0 Å². The summed E-state index contributed by atoms with van der Waals surface area (Å²) in [5, 5.41) is 0. The van der Waals surface area contributed by atoms with Crippen LogP contribution in [-0.2, 0) is 9.53 Å². The molecule has 3 nitrogen and oxygen atoms in total. The summed E-state index contributed by atoms with van der Waals surface area (Å²) in [6.07, 6.45) is 5.10. The van der Waals surface area contributed by atoms with E-state index in [1.807, 2.05) is 30.3 Å². The molecule has 0 bridgehead atoms. The molecule has 0 aliphatic carbocycles. The first-order valence-corrected chi connectivity index (χ1v) is 6.15. The second-order valence-corrected chi connectivity index (χ2v) is 3.84. The summed E-state index contributed by atoms with van der Waals surface area (Å²) < 4.78 is 4.75. The van der Waals surface area contributed by atoms with Crippen molar-refractivity contribution >= 4 is 11.8 Å². The summed E-state index contributed by atoms with van der Waals surface area (Å²) in [5.41, 5.74) is 0.742. The highest BCUT2D eigenvalue weighted by Gasteiger charge is 2.03. The van der Waals surface area contributed by atoms with Gasteiger partial charge in [-0.05, 0) is 19.8 Å². The van der Waals surface area contributed by atoms with Gasteiger partial charge in [0, 0.05) is 18.1 Å². The number of rotatable bonds is 7. The van der Waals surface area contributed by atoms with E-state index in [9.17, 15) is 9.59 Å². The zero-order valence-corrected chi connectivity index (χ0v) is 10.6. The molecule has 0 atom stereocenters. The maximum atomic E-state index is 11.7. The standard InChI is InChI=1S/C15H18O3/c1-2-18-15(17)12-8-4-7-11-14(16)13-9-5-3-6-10-13/h3,5-6,8-10,12H,2,4,7,11H2,1H3/b12-8+. The van der Waals surface area contributed by atoms with Crippen LogP contribution in [0.2, 0.25) is 0 Å². The largest absolute Gasteiger partial charge is 0.463 e. The summed E-state index contributed by atoms with van der Waals surface area (Å²) in [7, 11) is 0. The Morgan fingerprint density at radius 1 is 1.22 bits per heavy atom. The van der Waals surface area contributed by atoms with Gasteiger partial charge in [-0.2, -0.15) is 0 Å². The van der Waals surface area contributed by atoms with Gasteiger partial charge in [-0.1, -0.05) is 36.4 Å². The second kappa shape index (κ2) is 8.23. The Morgan fingerprint density at radius 3 is 2.61 bits per heavy atom. The fourth-order valence-corrected chi connectivity index (χ4v) is 1.52. The number of benzene rings is 1. The normalized spacial score (nSPS) is 10.5. The predicted molar refractivity (Wildman–Crippen MR) is 70.4 cm³/mol. The minimum atomic E-state index is -0.327. The van der Waals surface area contributed by atoms with Crippen LogP contribution in [0.3, 0.4) is 0 Å². The lowest BCUT2D eigenvalue weighted by Crippen LogP contribution is -1.99. The van der Waals surface area contributed by atoms with Crippen molar-refractivity contribution in [3.63, 3.8) is 0 Å². The number of Topliss-reactive ketones (excluding diaryl/α,β-unsaturated/α-hetero) is 1. The number of unbranched alkanes of at least 4 members (excludes halogenated alkanes) is 1. The van der Waals surface area contributed by atoms with Gasteiger partial charge in [-0.3, -0.25) is 4.79 Å². The first-order valence-electron chi connectivity index (χ1n) is 6.15. The van der Waals surface area contributed by atoms with E-state index in [2.05, 4.69) is 0 Å². The van der Waals surface area contributed by atoms with Crippen LogP contribution in [0, 0.1) is 0 Å². The molecule has 1 aromatic rings. The molecule has 0 N–H and O–H groups in total. The summed E-state index contributed by atoms with van der Waals surface area (Å²) in [6, 6.07) is 9.23. The van der Waals surface area contributed by atoms with Crippen LogP contribution in [0.1, 0.15) is 36.5 Å². The van der Waals surface area contributed by atoms with Crippen LogP contribution in [0.15, 0.2) is 42.5 Å². The summed E-state index contributed by atoms with van der Waals surface area (Å²) in [5.74, 6) is -0.188. The molecule has 1 rings (SSSR count). The Labute approximate surface area is 107 Å². The monoisotopic (exact) mass is 246 g/mol. The van der Waals surface area contributed by atoms with Gasteiger partial charge in [0.1, 0.15) is 0 Å². The summed E-state index contributed by atoms with van der Waals surface area (Å²) in [4.78, 5) is 22.7. The number of allylic oxidation sites excluding steroid dienone is 1. The van der Waals surface area contributed by atoms with Gasteiger partial charge in [0.15, 0.2) is 5.78 Å². The van der Waals surface area contributed by atoms with Crippen molar-refractivity contribution in [3.05, 3.63) is 48.0 Å². The molecule has 0 saturated carbocycles. The van der Waals surface area contributed by atoms with E-state index in [0.29, 0.717) is 19.4 Å². The van der Waals surface area contributed by atoms with Crippen LogP contribution in [0.5, 0.6) is 0 Å². The van der Waals surface area contributed by atoms with E-state index in [0.717, 1.165) is 12.0 Å². The van der Waals surface area contributed by atoms with Crippen molar-refractivity contribution in [1.29, 1.82) is 0 Å². The van der Waals surface area contributed by atoms with Gasteiger partial charge in [-0.25, -0.2) is 4.79 Å². The topological polar surface area (TPSA) is 43.4 Å². The molecule has 0 aliphatic rings. The molecule has 0 aliphatic heterocycles. The summed E-state index contributed by atoms with van der Waals surface area (Å²) >= 11 is 0. The Kier molecular flexibility index (Phi) is 6.47. The van der Waals surface area contributed by atoms with Crippen molar-refractivity contribution in [3.8, 4) is 0 Å². The zero-order valence-electron chi connectivity index (χ0n) is 10.6. The fraction of sp³-hybridized carbons (Fsp3) is 0.333. The summed E-state index contributed by atoms with van der Waals surface area (Å²) in [6.45, 7) is 2.15. The first-order chi connectivity index (χ1) is 8.74. The van der Waals surface area contributed by atoms with Crippen LogP contribution >= 0.6 is 0 Å². The Morgan fingerprint density at radius 2 is 1.94 bits per heavy atom. The van der Waals surface area contributed by atoms with Crippen molar-refractivity contribution in [2.75, 3.05) is 6.61 Å².